The summed E-state index contributed by atoms with van der Waals surface area (Å²) in [6.45, 7) is 5.36. The summed E-state index contributed by atoms with van der Waals surface area (Å²) in [6.07, 6.45) is 2.09. The minimum Gasteiger partial charge on any atom is -0.315 e. The average Bonchev–Trinajstić information content (AvgIpc) is 2.86. The van der Waals surface area contributed by atoms with E-state index >= 15 is 0 Å². The second kappa shape index (κ2) is 7.82. The maximum Gasteiger partial charge on any atom is 0.148 e. The van der Waals surface area contributed by atoms with Crippen LogP contribution in [0, 0.1) is 3.57 Å². The van der Waals surface area contributed by atoms with E-state index in [0.29, 0.717) is 6.04 Å². The molecule has 1 heterocycles. The third-order valence-electron chi connectivity index (χ3n) is 2.75. The fourth-order valence-electron chi connectivity index (χ4n) is 1.76. The smallest absolute Gasteiger partial charge is 0.148 e. The average molecular weight is 466 g/mol. The van der Waals surface area contributed by atoms with E-state index in [9.17, 15) is 0 Å². The molecule has 20 heavy (non-hydrogen) atoms. The Balaban J connectivity index is 2.00. The van der Waals surface area contributed by atoms with Crippen LogP contribution in [0.25, 0.3) is 10.6 Å². The van der Waals surface area contributed by atoms with Gasteiger partial charge in [-0.05, 0) is 53.8 Å². The highest BCUT2D eigenvalue weighted by Crippen LogP contribution is 2.30. The molecule has 3 nitrogen and oxygen atoms in total. The molecule has 1 N–H and O–H groups in total. The topological polar surface area (TPSA) is 37.8 Å². The number of hydrogen-bond donors (Lipinski definition) is 1. The summed E-state index contributed by atoms with van der Waals surface area (Å²) in [5, 5.41) is 14.2. The van der Waals surface area contributed by atoms with Gasteiger partial charge in [0.15, 0.2) is 0 Å². The van der Waals surface area contributed by atoms with Crippen LogP contribution in [0.1, 0.15) is 25.3 Å². The number of nitrogens with one attached hydrogen (secondary N) is 1. The first-order valence-electron chi connectivity index (χ1n) is 6.57. The molecule has 0 aliphatic rings. The maximum absolute atomic E-state index is 4.32. The summed E-state index contributed by atoms with van der Waals surface area (Å²) in [6, 6.07) is 6.79. The zero-order chi connectivity index (χ0) is 14.5. The fraction of sp³-hybridized carbons (Fsp3) is 0.429. The molecule has 108 valence electrons. The number of hydrogen-bond acceptors (Lipinski definition) is 4. The van der Waals surface area contributed by atoms with Crippen LogP contribution in [-0.2, 0) is 6.42 Å². The molecule has 0 amide bonds. The van der Waals surface area contributed by atoms with Crippen LogP contribution in [-0.4, -0.2) is 22.8 Å². The van der Waals surface area contributed by atoms with E-state index in [1.807, 2.05) is 6.07 Å². The number of benzene rings is 1. The molecule has 0 unspecified atom stereocenters. The molecule has 0 fully saturated rings. The van der Waals surface area contributed by atoms with Crippen LogP contribution < -0.4 is 5.32 Å². The minimum absolute atomic E-state index is 0.545. The molecule has 0 saturated heterocycles. The van der Waals surface area contributed by atoms with Gasteiger partial charge in [0.2, 0.25) is 0 Å². The van der Waals surface area contributed by atoms with E-state index in [0.717, 1.165) is 39.4 Å². The Kier molecular flexibility index (Phi) is 6.38. The first-order chi connectivity index (χ1) is 9.56. The summed E-state index contributed by atoms with van der Waals surface area (Å²) in [4.78, 5) is 0. The van der Waals surface area contributed by atoms with E-state index < -0.39 is 0 Å². The number of aryl methyl sites for hydroxylation is 1. The van der Waals surface area contributed by atoms with E-state index in [1.54, 1.807) is 11.3 Å². The van der Waals surface area contributed by atoms with Crippen molar-refractivity contribution in [2.75, 3.05) is 6.54 Å². The highest BCUT2D eigenvalue weighted by molar-refractivity contribution is 14.1. The molecular formula is C14H17BrIN3S. The molecular weight excluding hydrogens is 449 g/mol. The Morgan fingerprint density at radius 2 is 2.15 bits per heavy atom. The molecule has 0 saturated carbocycles. The van der Waals surface area contributed by atoms with Crippen molar-refractivity contribution in [2.45, 2.75) is 32.7 Å². The van der Waals surface area contributed by atoms with Crippen LogP contribution >= 0.6 is 49.9 Å². The van der Waals surface area contributed by atoms with Gasteiger partial charge in [0.25, 0.3) is 0 Å². The third kappa shape index (κ3) is 4.75. The van der Waals surface area contributed by atoms with Crippen LogP contribution in [0.2, 0.25) is 0 Å². The molecule has 0 aliphatic carbocycles. The Morgan fingerprint density at radius 3 is 2.90 bits per heavy atom. The van der Waals surface area contributed by atoms with Crippen LogP contribution in [0.5, 0.6) is 0 Å². The third-order valence-corrected chi connectivity index (χ3v) is 5.20. The summed E-state index contributed by atoms with van der Waals surface area (Å²) in [7, 11) is 0. The van der Waals surface area contributed by atoms with Crippen molar-refractivity contribution in [2.24, 2.45) is 0 Å². The number of halogens is 2. The summed E-state index contributed by atoms with van der Waals surface area (Å²) in [5.74, 6) is 0. The van der Waals surface area contributed by atoms with Crippen molar-refractivity contribution in [3.63, 3.8) is 0 Å². The van der Waals surface area contributed by atoms with Crippen molar-refractivity contribution < 1.29 is 0 Å². The molecule has 0 bridgehead atoms. The van der Waals surface area contributed by atoms with E-state index in [2.05, 4.69) is 80.0 Å². The van der Waals surface area contributed by atoms with Gasteiger partial charge in [-0.1, -0.05) is 41.1 Å². The summed E-state index contributed by atoms with van der Waals surface area (Å²) < 4.78 is 2.28. The van der Waals surface area contributed by atoms with Gasteiger partial charge < -0.3 is 5.32 Å². The highest BCUT2D eigenvalue weighted by Gasteiger charge is 2.10. The lowest BCUT2D eigenvalue weighted by molar-refractivity contribution is 0.569. The normalized spacial score (nSPS) is 11.2. The number of nitrogens with zero attached hydrogens (tertiary/aromatic N) is 2. The Hall–Kier alpha value is -0.0500. The minimum atomic E-state index is 0.545. The van der Waals surface area contributed by atoms with Crippen LogP contribution in [0.4, 0.5) is 0 Å². The monoisotopic (exact) mass is 465 g/mol. The van der Waals surface area contributed by atoms with Gasteiger partial charge in [0.05, 0.1) is 0 Å². The van der Waals surface area contributed by atoms with Gasteiger partial charge in [-0.2, -0.15) is 0 Å². The molecule has 2 aromatic rings. The van der Waals surface area contributed by atoms with E-state index in [4.69, 9.17) is 0 Å². The van der Waals surface area contributed by atoms with Crippen molar-refractivity contribution >= 4 is 49.9 Å². The maximum atomic E-state index is 4.32. The molecule has 0 spiro atoms. The van der Waals surface area contributed by atoms with Gasteiger partial charge >= 0.3 is 0 Å². The van der Waals surface area contributed by atoms with Gasteiger partial charge in [-0.3, -0.25) is 0 Å². The van der Waals surface area contributed by atoms with Crippen molar-refractivity contribution in [3.05, 3.63) is 31.2 Å². The molecule has 0 radical (unpaired) electrons. The predicted octanol–water partition coefficient (Wildman–Crippen LogP) is 4.50. The lowest BCUT2D eigenvalue weighted by atomic mass is 10.2. The molecule has 0 atom stereocenters. The zero-order valence-corrected chi connectivity index (χ0v) is 16.0. The largest absolute Gasteiger partial charge is 0.315 e. The summed E-state index contributed by atoms with van der Waals surface area (Å²) >= 11 is 7.54. The van der Waals surface area contributed by atoms with Crippen molar-refractivity contribution in [1.82, 2.24) is 15.5 Å². The quantitative estimate of drug-likeness (QED) is 0.504. The Labute approximate surface area is 145 Å². The van der Waals surface area contributed by atoms with Crippen molar-refractivity contribution in [1.29, 1.82) is 0 Å². The van der Waals surface area contributed by atoms with Crippen molar-refractivity contribution in [3.8, 4) is 10.6 Å². The van der Waals surface area contributed by atoms with E-state index in [1.165, 1.54) is 3.57 Å². The molecule has 1 aromatic heterocycles. The second-order valence-electron chi connectivity index (χ2n) is 4.84. The number of aromatic nitrogens is 2. The van der Waals surface area contributed by atoms with Gasteiger partial charge in [0, 0.05) is 26.1 Å². The standard InChI is InChI=1S/C14H17BrIN3S/c1-9(2)17-7-3-4-13-18-19-14(20-13)11-8-10(15)5-6-12(11)16/h5-6,8-9,17H,3-4,7H2,1-2H3. The summed E-state index contributed by atoms with van der Waals surface area (Å²) in [5.41, 5.74) is 1.16. The second-order valence-corrected chi connectivity index (χ2v) is 7.98. The zero-order valence-electron chi connectivity index (χ0n) is 11.5. The SMILES string of the molecule is CC(C)NCCCc1nnc(-c2cc(Br)ccc2I)s1. The Bertz CT molecular complexity index is 571. The van der Waals surface area contributed by atoms with Gasteiger partial charge in [0.1, 0.15) is 10.0 Å². The van der Waals surface area contributed by atoms with Crippen LogP contribution in [0.3, 0.4) is 0 Å². The highest BCUT2D eigenvalue weighted by atomic mass is 127. The van der Waals surface area contributed by atoms with Gasteiger partial charge in [-0.25, -0.2) is 0 Å². The Morgan fingerprint density at radius 1 is 1.35 bits per heavy atom. The first kappa shape index (κ1) is 16.3. The fourth-order valence-corrected chi connectivity index (χ4v) is 3.80. The van der Waals surface area contributed by atoms with Gasteiger partial charge in [-0.15, -0.1) is 10.2 Å². The predicted molar refractivity (Wildman–Crippen MR) is 97.2 cm³/mol. The first-order valence-corrected chi connectivity index (χ1v) is 9.26. The molecule has 2 rings (SSSR count). The molecule has 0 aliphatic heterocycles. The molecule has 1 aromatic carbocycles. The lowest BCUT2D eigenvalue weighted by Gasteiger charge is -2.05. The lowest BCUT2D eigenvalue weighted by Crippen LogP contribution is -2.23. The number of rotatable bonds is 6. The van der Waals surface area contributed by atoms with E-state index in [-0.39, 0.29) is 0 Å². The van der Waals surface area contributed by atoms with Crippen LogP contribution in [0.15, 0.2) is 22.7 Å². The molecule has 6 heteroatoms.